The molecule has 0 saturated carbocycles. The third-order valence-electron chi connectivity index (χ3n) is 3.54. The Kier molecular flexibility index (Phi) is 3.69. The summed E-state index contributed by atoms with van der Waals surface area (Å²) in [6.45, 7) is 1.89. The van der Waals surface area contributed by atoms with Crippen LogP contribution >= 0.6 is 0 Å². The first kappa shape index (κ1) is 13.4. The van der Waals surface area contributed by atoms with Crippen LogP contribution in [0.25, 0.3) is 10.8 Å². The predicted molar refractivity (Wildman–Crippen MR) is 84.2 cm³/mol. The van der Waals surface area contributed by atoms with Crippen LogP contribution in [0, 0.1) is 0 Å². The SMILES string of the molecule is CC(OC(=O)c1ccccc1)c1ccc2ccccc2c1. The highest BCUT2D eigenvalue weighted by atomic mass is 16.5. The zero-order valence-corrected chi connectivity index (χ0v) is 11.8. The maximum atomic E-state index is 12.1. The minimum atomic E-state index is -0.295. The molecule has 0 radical (unpaired) electrons. The van der Waals surface area contributed by atoms with Gasteiger partial charge in [0.05, 0.1) is 5.56 Å². The van der Waals surface area contributed by atoms with Crippen molar-refractivity contribution in [1.82, 2.24) is 0 Å². The molecule has 1 atom stereocenters. The Morgan fingerprint density at radius 2 is 1.52 bits per heavy atom. The molecule has 0 spiro atoms. The first-order valence-corrected chi connectivity index (χ1v) is 6.99. The highest BCUT2D eigenvalue weighted by Gasteiger charge is 2.13. The second-order valence-corrected chi connectivity index (χ2v) is 5.02. The average Bonchev–Trinajstić information content (AvgIpc) is 2.55. The summed E-state index contributed by atoms with van der Waals surface area (Å²) >= 11 is 0. The van der Waals surface area contributed by atoms with Gasteiger partial charge in [-0.05, 0) is 41.5 Å². The van der Waals surface area contributed by atoms with E-state index in [0.717, 1.165) is 10.9 Å². The fraction of sp³-hybridized carbons (Fsp3) is 0.105. The summed E-state index contributed by atoms with van der Waals surface area (Å²) in [5.41, 5.74) is 1.57. The molecule has 0 aliphatic carbocycles. The van der Waals surface area contributed by atoms with E-state index in [-0.39, 0.29) is 12.1 Å². The Morgan fingerprint density at radius 1 is 0.857 bits per heavy atom. The Balaban J connectivity index is 1.80. The van der Waals surface area contributed by atoms with Crippen molar-refractivity contribution >= 4 is 16.7 Å². The lowest BCUT2D eigenvalue weighted by molar-refractivity contribution is 0.0338. The van der Waals surface area contributed by atoms with E-state index >= 15 is 0 Å². The Bertz CT molecular complexity index is 763. The number of hydrogen-bond acceptors (Lipinski definition) is 2. The largest absolute Gasteiger partial charge is 0.454 e. The van der Waals surface area contributed by atoms with Crippen molar-refractivity contribution in [2.24, 2.45) is 0 Å². The highest BCUT2D eigenvalue weighted by molar-refractivity contribution is 5.89. The maximum Gasteiger partial charge on any atom is 0.338 e. The van der Waals surface area contributed by atoms with E-state index in [2.05, 4.69) is 24.3 Å². The zero-order valence-electron chi connectivity index (χ0n) is 11.8. The van der Waals surface area contributed by atoms with E-state index in [1.807, 2.05) is 43.3 Å². The van der Waals surface area contributed by atoms with Gasteiger partial charge in [0.25, 0.3) is 0 Å². The molecule has 3 rings (SSSR count). The lowest BCUT2D eigenvalue weighted by atomic mass is 10.0. The van der Waals surface area contributed by atoms with Crippen LogP contribution in [-0.2, 0) is 4.74 Å². The molecule has 0 fully saturated rings. The van der Waals surface area contributed by atoms with Gasteiger partial charge in [0.1, 0.15) is 6.10 Å². The molecule has 0 aromatic heterocycles. The van der Waals surface area contributed by atoms with Crippen molar-refractivity contribution < 1.29 is 9.53 Å². The normalized spacial score (nSPS) is 12.0. The molecule has 0 amide bonds. The molecular formula is C19H16O2. The molecule has 3 aromatic carbocycles. The molecule has 21 heavy (non-hydrogen) atoms. The van der Waals surface area contributed by atoms with Crippen LogP contribution in [0.5, 0.6) is 0 Å². The molecule has 0 heterocycles. The van der Waals surface area contributed by atoms with Gasteiger partial charge in [-0.15, -0.1) is 0 Å². The minimum Gasteiger partial charge on any atom is -0.454 e. The first-order valence-electron chi connectivity index (χ1n) is 6.99. The van der Waals surface area contributed by atoms with Crippen molar-refractivity contribution in [3.05, 3.63) is 83.9 Å². The van der Waals surface area contributed by atoms with Gasteiger partial charge < -0.3 is 4.74 Å². The van der Waals surface area contributed by atoms with Crippen molar-refractivity contribution in [2.45, 2.75) is 13.0 Å². The predicted octanol–water partition coefficient (Wildman–Crippen LogP) is 4.76. The molecule has 0 aliphatic heterocycles. The summed E-state index contributed by atoms with van der Waals surface area (Å²) in [6, 6.07) is 23.3. The summed E-state index contributed by atoms with van der Waals surface area (Å²) in [4.78, 5) is 12.1. The van der Waals surface area contributed by atoms with Gasteiger partial charge in [-0.25, -0.2) is 4.79 Å². The number of rotatable bonds is 3. The van der Waals surface area contributed by atoms with Crippen molar-refractivity contribution in [3.8, 4) is 0 Å². The molecule has 1 unspecified atom stereocenters. The topological polar surface area (TPSA) is 26.3 Å². The smallest absolute Gasteiger partial charge is 0.338 e. The van der Waals surface area contributed by atoms with Gasteiger partial charge in [0.15, 0.2) is 0 Å². The molecule has 0 aliphatic rings. The van der Waals surface area contributed by atoms with E-state index in [9.17, 15) is 4.79 Å². The van der Waals surface area contributed by atoms with Gasteiger partial charge in [-0.3, -0.25) is 0 Å². The van der Waals surface area contributed by atoms with E-state index in [1.54, 1.807) is 12.1 Å². The quantitative estimate of drug-likeness (QED) is 0.645. The monoisotopic (exact) mass is 276 g/mol. The molecule has 2 heteroatoms. The van der Waals surface area contributed by atoms with Gasteiger partial charge in [-0.1, -0.05) is 54.6 Å². The Morgan fingerprint density at radius 3 is 2.29 bits per heavy atom. The van der Waals surface area contributed by atoms with Crippen LogP contribution in [0.3, 0.4) is 0 Å². The van der Waals surface area contributed by atoms with Gasteiger partial charge in [0, 0.05) is 0 Å². The number of esters is 1. The highest BCUT2D eigenvalue weighted by Crippen LogP contribution is 2.23. The summed E-state index contributed by atoms with van der Waals surface area (Å²) in [7, 11) is 0. The van der Waals surface area contributed by atoms with Gasteiger partial charge >= 0.3 is 5.97 Å². The molecule has 0 saturated heterocycles. The third kappa shape index (κ3) is 2.95. The number of benzene rings is 3. The molecule has 2 nitrogen and oxygen atoms in total. The fourth-order valence-electron chi connectivity index (χ4n) is 2.33. The summed E-state index contributed by atoms with van der Waals surface area (Å²) in [5, 5.41) is 2.33. The number of carbonyl (C=O) groups is 1. The second-order valence-electron chi connectivity index (χ2n) is 5.02. The van der Waals surface area contributed by atoms with Crippen molar-refractivity contribution in [2.75, 3.05) is 0 Å². The minimum absolute atomic E-state index is 0.276. The van der Waals surface area contributed by atoms with Crippen molar-refractivity contribution in [3.63, 3.8) is 0 Å². The summed E-state index contributed by atoms with van der Waals surface area (Å²) < 4.78 is 5.53. The average molecular weight is 276 g/mol. The van der Waals surface area contributed by atoms with E-state index in [1.165, 1.54) is 5.39 Å². The Hall–Kier alpha value is -2.61. The van der Waals surface area contributed by atoms with Crippen LogP contribution in [-0.4, -0.2) is 5.97 Å². The van der Waals surface area contributed by atoms with Crippen LogP contribution in [0.15, 0.2) is 72.8 Å². The number of fused-ring (bicyclic) bond motifs is 1. The third-order valence-corrected chi connectivity index (χ3v) is 3.54. The lowest BCUT2D eigenvalue weighted by Gasteiger charge is -2.14. The molecule has 0 N–H and O–H groups in total. The lowest BCUT2D eigenvalue weighted by Crippen LogP contribution is -2.09. The maximum absolute atomic E-state index is 12.1. The number of ether oxygens (including phenoxy) is 1. The summed E-state index contributed by atoms with van der Waals surface area (Å²) in [5.74, 6) is -0.295. The van der Waals surface area contributed by atoms with Crippen LogP contribution in [0.1, 0.15) is 28.9 Å². The van der Waals surface area contributed by atoms with Crippen LogP contribution in [0.2, 0.25) is 0 Å². The molecule has 3 aromatic rings. The standard InChI is InChI=1S/C19H16O2/c1-14(21-19(20)16-8-3-2-4-9-16)17-12-11-15-7-5-6-10-18(15)13-17/h2-14H,1H3. The number of hydrogen-bond donors (Lipinski definition) is 0. The molecule has 104 valence electrons. The van der Waals surface area contributed by atoms with E-state index in [0.29, 0.717) is 5.56 Å². The van der Waals surface area contributed by atoms with Gasteiger partial charge in [0.2, 0.25) is 0 Å². The summed E-state index contributed by atoms with van der Waals surface area (Å²) in [6.07, 6.45) is -0.276. The van der Waals surface area contributed by atoms with E-state index < -0.39 is 0 Å². The first-order chi connectivity index (χ1) is 10.2. The molecular weight excluding hydrogens is 260 g/mol. The molecule has 0 bridgehead atoms. The Labute approximate surface area is 124 Å². The van der Waals surface area contributed by atoms with Crippen LogP contribution in [0.4, 0.5) is 0 Å². The van der Waals surface area contributed by atoms with E-state index in [4.69, 9.17) is 4.74 Å². The zero-order chi connectivity index (χ0) is 14.7. The number of carbonyl (C=O) groups excluding carboxylic acids is 1. The van der Waals surface area contributed by atoms with Crippen molar-refractivity contribution in [1.29, 1.82) is 0 Å². The van der Waals surface area contributed by atoms with Crippen LogP contribution < -0.4 is 0 Å². The van der Waals surface area contributed by atoms with Gasteiger partial charge in [-0.2, -0.15) is 0 Å². The second kappa shape index (κ2) is 5.80. The fourth-order valence-corrected chi connectivity index (χ4v) is 2.33.